The molecule has 1 aromatic heterocycles. The predicted octanol–water partition coefficient (Wildman–Crippen LogP) is -0.278. The first-order chi connectivity index (χ1) is 10.8. The molecule has 23 heavy (non-hydrogen) atoms. The fourth-order valence-electron chi connectivity index (χ4n) is 2.94. The zero-order valence-electron chi connectivity index (χ0n) is 12.5. The lowest BCUT2D eigenvalue weighted by Crippen LogP contribution is -2.18. The lowest BCUT2D eigenvalue weighted by molar-refractivity contribution is -0.135. The Morgan fingerprint density at radius 3 is 2.78 bits per heavy atom. The van der Waals surface area contributed by atoms with Gasteiger partial charge in [-0.3, -0.25) is 9.59 Å². The Labute approximate surface area is 130 Å². The molecule has 1 aliphatic heterocycles. The van der Waals surface area contributed by atoms with E-state index in [0.717, 1.165) is 0 Å². The standard InChI is InChI=1S/C15H16N4O4/c1-6-11(17-7(2)20)10(16)12-13(14(6)23)19-4-3-8(5-9(21)22)15(19)18-12/h23H,1,3-5,16H2,2H3,(H,17,20)(H,21,22). The summed E-state index contributed by atoms with van der Waals surface area (Å²) in [7, 11) is 0. The number of carboxylic acids is 1. The van der Waals surface area contributed by atoms with E-state index in [1.54, 1.807) is 4.57 Å². The number of carboxylic acid groups (broad SMARTS) is 1. The monoisotopic (exact) mass is 316 g/mol. The van der Waals surface area contributed by atoms with Gasteiger partial charge in [0.1, 0.15) is 22.3 Å². The molecule has 1 amide bonds. The summed E-state index contributed by atoms with van der Waals surface area (Å²) in [6, 6.07) is 0. The number of nitrogens with zero attached hydrogens (tertiary/aromatic N) is 2. The van der Waals surface area contributed by atoms with Crippen molar-refractivity contribution in [3.05, 3.63) is 10.7 Å². The highest BCUT2D eigenvalue weighted by molar-refractivity contribution is 6.03. The second kappa shape index (κ2) is 5.01. The van der Waals surface area contributed by atoms with Crippen molar-refractivity contribution in [1.29, 1.82) is 0 Å². The average Bonchev–Trinajstić information content (AvgIpc) is 3.01. The molecule has 0 saturated carbocycles. The van der Waals surface area contributed by atoms with Gasteiger partial charge >= 0.3 is 5.97 Å². The minimum Gasteiger partial charge on any atom is -0.505 e. The molecule has 8 nitrogen and oxygen atoms in total. The van der Waals surface area contributed by atoms with Crippen LogP contribution < -0.4 is 21.7 Å². The number of nitrogen functional groups attached to an aromatic ring is 1. The molecule has 0 saturated heterocycles. The average molecular weight is 316 g/mol. The maximum Gasteiger partial charge on any atom is 0.307 e. The maximum atomic E-state index is 11.3. The summed E-state index contributed by atoms with van der Waals surface area (Å²) >= 11 is 0. The van der Waals surface area contributed by atoms with Crippen LogP contribution in [0.3, 0.4) is 0 Å². The topological polar surface area (TPSA) is 130 Å². The highest BCUT2D eigenvalue weighted by Crippen LogP contribution is 2.31. The van der Waals surface area contributed by atoms with Gasteiger partial charge in [0.2, 0.25) is 5.91 Å². The van der Waals surface area contributed by atoms with Crippen LogP contribution in [0.2, 0.25) is 0 Å². The van der Waals surface area contributed by atoms with Gasteiger partial charge in [-0.1, -0.05) is 6.58 Å². The van der Waals surface area contributed by atoms with Gasteiger partial charge in [-0.15, -0.1) is 0 Å². The molecule has 1 aromatic carbocycles. The van der Waals surface area contributed by atoms with Crippen molar-refractivity contribution in [2.45, 2.75) is 26.3 Å². The number of hydrogen-bond acceptors (Lipinski definition) is 5. The molecule has 0 spiro atoms. The molecule has 0 unspecified atom stereocenters. The van der Waals surface area contributed by atoms with E-state index < -0.39 is 5.97 Å². The van der Waals surface area contributed by atoms with E-state index in [4.69, 9.17) is 10.8 Å². The van der Waals surface area contributed by atoms with E-state index in [1.807, 2.05) is 0 Å². The van der Waals surface area contributed by atoms with Crippen molar-refractivity contribution < 1.29 is 19.8 Å². The number of imidazole rings is 1. The van der Waals surface area contributed by atoms with E-state index in [9.17, 15) is 14.7 Å². The van der Waals surface area contributed by atoms with Crippen molar-refractivity contribution in [3.63, 3.8) is 0 Å². The number of amides is 1. The smallest absolute Gasteiger partial charge is 0.307 e. The molecule has 5 N–H and O–H groups in total. The molecule has 0 aliphatic carbocycles. The van der Waals surface area contributed by atoms with Crippen LogP contribution in [0, 0.1) is 0 Å². The summed E-state index contributed by atoms with van der Waals surface area (Å²) in [6.45, 7) is 5.61. The lowest BCUT2D eigenvalue weighted by atomic mass is 10.1. The van der Waals surface area contributed by atoms with E-state index in [1.165, 1.54) is 6.92 Å². The zero-order valence-corrected chi connectivity index (χ0v) is 12.5. The number of fused-ring (bicyclic) bond motifs is 3. The maximum absolute atomic E-state index is 11.3. The number of aliphatic carboxylic acids is 1. The minimum absolute atomic E-state index is 0.111. The van der Waals surface area contributed by atoms with Crippen LogP contribution >= 0.6 is 0 Å². The van der Waals surface area contributed by atoms with Gasteiger partial charge in [0.05, 0.1) is 17.8 Å². The fraction of sp³-hybridized carbons (Fsp3) is 0.267. The number of nitrogens with one attached hydrogen (secondary N) is 1. The van der Waals surface area contributed by atoms with Gasteiger partial charge in [-0.25, -0.2) is 4.98 Å². The molecule has 2 aromatic rings. The summed E-state index contributed by atoms with van der Waals surface area (Å²) in [6.07, 6.45) is 0.448. The third-order valence-corrected chi connectivity index (χ3v) is 3.92. The van der Waals surface area contributed by atoms with Crippen molar-refractivity contribution >= 4 is 46.4 Å². The lowest BCUT2D eigenvalue weighted by Gasteiger charge is -2.11. The highest BCUT2D eigenvalue weighted by atomic mass is 16.4. The van der Waals surface area contributed by atoms with Crippen LogP contribution in [0.15, 0.2) is 0 Å². The molecule has 1 aliphatic rings. The number of phenolic OH excluding ortho intramolecular Hbond substituents is 1. The first-order valence-corrected chi connectivity index (χ1v) is 7.02. The van der Waals surface area contributed by atoms with Gasteiger partial charge in [0.25, 0.3) is 0 Å². The fourth-order valence-corrected chi connectivity index (χ4v) is 2.94. The molecule has 2 heterocycles. The molecule has 0 fully saturated rings. The van der Waals surface area contributed by atoms with E-state index in [-0.39, 0.29) is 34.7 Å². The second-order valence-corrected chi connectivity index (χ2v) is 5.51. The number of rotatable bonds is 3. The van der Waals surface area contributed by atoms with Crippen LogP contribution in [0.1, 0.15) is 19.8 Å². The molecular weight excluding hydrogens is 300 g/mol. The summed E-state index contributed by atoms with van der Waals surface area (Å²) < 4.78 is 1.74. The Hall–Kier alpha value is -3.03. The molecule has 120 valence electrons. The summed E-state index contributed by atoms with van der Waals surface area (Å²) in [5, 5.41) is 22.2. The van der Waals surface area contributed by atoms with Gasteiger partial charge in [-0.2, -0.15) is 0 Å². The first kappa shape index (κ1) is 14.9. The molecular formula is C15H16N4O4. The van der Waals surface area contributed by atoms with Crippen LogP contribution in [0.25, 0.3) is 23.2 Å². The highest BCUT2D eigenvalue weighted by Gasteiger charge is 2.24. The van der Waals surface area contributed by atoms with Crippen LogP contribution in [0.4, 0.5) is 11.4 Å². The number of phenols is 1. The van der Waals surface area contributed by atoms with Crippen molar-refractivity contribution in [2.75, 3.05) is 11.1 Å². The predicted molar refractivity (Wildman–Crippen MR) is 85.2 cm³/mol. The number of carbonyl (C=O) groups is 2. The van der Waals surface area contributed by atoms with Crippen LogP contribution in [-0.4, -0.2) is 31.6 Å². The zero-order chi connectivity index (χ0) is 16.9. The molecule has 3 rings (SSSR count). The van der Waals surface area contributed by atoms with E-state index in [2.05, 4.69) is 16.9 Å². The number of anilines is 2. The first-order valence-electron chi connectivity index (χ1n) is 7.02. The Bertz CT molecular complexity index is 974. The number of benzene rings is 1. The number of carbonyl (C=O) groups excluding carboxylic acids is 1. The largest absolute Gasteiger partial charge is 0.505 e. The summed E-state index contributed by atoms with van der Waals surface area (Å²) in [5.74, 6) is -1.40. The van der Waals surface area contributed by atoms with Crippen LogP contribution in [-0.2, 0) is 16.1 Å². The number of aryl methyl sites for hydroxylation is 1. The third-order valence-electron chi connectivity index (χ3n) is 3.92. The van der Waals surface area contributed by atoms with Crippen LogP contribution in [0.5, 0.6) is 5.75 Å². The van der Waals surface area contributed by atoms with E-state index in [0.29, 0.717) is 35.1 Å². The Morgan fingerprint density at radius 2 is 2.17 bits per heavy atom. The molecule has 8 heteroatoms. The van der Waals surface area contributed by atoms with Gasteiger partial charge in [0, 0.05) is 18.7 Å². The Balaban J connectivity index is 2.37. The molecule has 0 atom stereocenters. The third kappa shape index (κ3) is 2.19. The number of aromatic nitrogens is 2. The van der Waals surface area contributed by atoms with Crippen molar-refractivity contribution in [2.24, 2.45) is 0 Å². The Kier molecular flexibility index (Phi) is 3.24. The second-order valence-electron chi connectivity index (χ2n) is 5.51. The van der Waals surface area contributed by atoms with E-state index >= 15 is 0 Å². The van der Waals surface area contributed by atoms with Gasteiger partial charge in [-0.05, 0) is 12.0 Å². The quantitative estimate of drug-likeness (QED) is 0.455. The van der Waals surface area contributed by atoms with Gasteiger partial charge < -0.3 is 25.8 Å². The molecule has 0 bridgehead atoms. The SMILES string of the molecule is C=c1c(NC(C)=O)c(N)c2nc3n(c2c1O)CCC=3CC(=O)O. The Morgan fingerprint density at radius 1 is 1.48 bits per heavy atom. The number of nitrogens with two attached hydrogens (primary N) is 1. The van der Waals surface area contributed by atoms with Crippen molar-refractivity contribution in [3.8, 4) is 5.75 Å². The van der Waals surface area contributed by atoms with Gasteiger partial charge in [0.15, 0.2) is 0 Å². The number of hydrogen-bond donors (Lipinski definition) is 4. The molecule has 0 radical (unpaired) electrons. The minimum atomic E-state index is -0.936. The summed E-state index contributed by atoms with van der Waals surface area (Å²) in [5.41, 5.74) is 8.43. The number of aromatic hydroxyl groups is 1. The normalized spacial score (nSPS) is 13.3. The summed E-state index contributed by atoms with van der Waals surface area (Å²) in [4.78, 5) is 26.7. The van der Waals surface area contributed by atoms with Crippen molar-refractivity contribution in [1.82, 2.24) is 9.55 Å².